The maximum Gasteiger partial charge on any atom is 0.410 e. The van der Waals surface area contributed by atoms with Gasteiger partial charge in [-0.15, -0.1) is 5.10 Å². The van der Waals surface area contributed by atoms with Gasteiger partial charge in [-0.25, -0.2) is 26.6 Å². The van der Waals surface area contributed by atoms with Crippen LogP contribution in [0.4, 0.5) is 4.79 Å². The highest BCUT2D eigenvalue weighted by Gasteiger charge is 2.28. The Morgan fingerprint density at radius 1 is 1.27 bits per heavy atom. The molecule has 0 fully saturated rings. The molecule has 1 atom stereocenters. The number of hydrogen-bond donors (Lipinski definition) is 0. The summed E-state index contributed by atoms with van der Waals surface area (Å²) in [6, 6.07) is 1.29. The van der Waals surface area contributed by atoms with Crippen molar-refractivity contribution in [1.29, 1.82) is 0 Å². The van der Waals surface area contributed by atoms with E-state index in [4.69, 9.17) is 9.47 Å². The first-order valence-corrected chi connectivity index (χ1v) is 14.2. The largest absolute Gasteiger partial charge is 0.444 e. The van der Waals surface area contributed by atoms with Crippen molar-refractivity contribution in [3.63, 3.8) is 0 Å². The number of carbonyl (C=O) groups is 1. The SMILES string of the molecule is Cc1nc(S(=O)(=O)[C@@H](C)COCCN(C)C(=O)OC(C)(C)C)cc2c(Br)nn(S(C)(=O)=O)c12. The Kier molecular flexibility index (Phi) is 8.19. The number of ether oxygens (including phenoxy) is 2. The lowest BCUT2D eigenvalue weighted by molar-refractivity contribution is 0.0233. The van der Waals surface area contributed by atoms with E-state index in [-0.39, 0.29) is 40.6 Å². The second-order valence-electron chi connectivity index (χ2n) is 8.67. The number of nitrogens with zero attached hydrogens (tertiary/aromatic N) is 4. The van der Waals surface area contributed by atoms with E-state index in [1.54, 1.807) is 27.8 Å². The third-order valence-corrected chi connectivity index (χ3v) is 7.97. The number of sulfone groups is 1. The maximum absolute atomic E-state index is 13.0. The minimum absolute atomic E-state index is 0.118. The third kappa shape index (κ3) is 6.64. The van der Waals surface area contributed by atoms with Crippen molar-refractivity contribution < 1.29 is 31.1 Å². The molecule has 0 spiro atoms. The second kappa shape index (κ2) is 9.84. The molecule has 1 amide bonds. The zero-order valence-electron chi connectivity index (χ0n) is 19.6. The summed E-state index contributed by atoms with van der Waals surface area (Å²) < 4.78 is 61.8. The predicted molar refractivity (Wildman–Crippen MR) is 127 cm³/mol. The summed E-state index contributed by atoms with van der Waals surface area (Å²) in [5, 5.41) is 3.13. The van der Waals surface area contributed by atoms with E-state index in [0.29, 0.717) is 5.39 Å². The van der Waals surface area contributed by atoms with E-state index in [1.807, 2.05) is 0 Å². The molecule has 0 aromatic carbocycles. The van der Waals surface area contributed by atoms with Crippen molar-refractivity contribution in [2.45, 2.75) is 50.5 Å². The molecule has 0 aliphatic rings. The van der Waals surface area contributed by atoms with Crippen LogP contribution in [0.15, 0.2) is 15.7 Å². The Labute approximate surface area is 202 Å². The Hall–Kier alpha value is -1.77. The van der Waals surface area contributed by atoms with Gasteiger partial charge in [0.05, 0.1) is 30.4 Å². The summed E-state index contributed by atoms with van der Waals surface area (Å²) in [6.45, 7) is 8.52. The fourth-order valence-electron chi connectivity index (χ4n) is 2.78. The fraction of sp³-hybridized carbons (Fsp3) is 0.632. The number of rotatable bonds is 8. The van der Waals surface area contributed by atoms with Gasteiger partial charge in [-0.05, 0) is 56.6 Å². The molecule has 0 radical (unpaired) electrons. The molecular weight excluding hydrogens is 540 g/mol. The molecule has 2 aromatic rings. The molecule has 0 unspecified atom stereocenters. The molecule has 186 valence electrons. The van der Waals surface area contributed by atoms with Crippen LogP contribution < -0.4 is 0 Å². The van der Waals surface area contributed by atoms with Gasteiger partial charge in [0, 0.05) is 19.0 Å². The number of hydrogen-bond acceptors (Lipinski definition) is 9. The van der Waals surface area contributed by atoms with Gasteiger partial charge in [-0.3, -0.25) is 0 Å². The molecule has 0 N–H and O–H groups in total. The maximum atomic E-state index is 13.0. The Balaban J connectivity index is 2.12. The summed E-state index contributed by atoms with van der Waals surface area (Å²) in [7, 11) is -6.03. The Morgan fingerprint density at radius 3 is 2.42 bits per heavy atom. The van der Waals surface area contributed by atoms with Crippen LogP contribution >= 0.6 is 15.9 Å². The van der Waals surface area contributed by atoms with E-state index in [9.17, 15) is 21.6 Å². The fourth-order valence-corrected chi connectivity index (χ4v) is 5.37. The number of aromatic nitrogens is 3. The number of amides is 1. The van der Waals surface area contributed by atoms with Crippen LogP contribution in [0.25, 0.3) is 10.9 Å². The number of halogens is 1. The van der Waals surface area contributed by atoms with E-state index < -0.39 is 36.8 Å². The molecule has 2 aromatic heterocycles. The quantitative estimate of drug-likeness (QED) is 0.439. The molecule has 11 nitrogen and oxygen atoms in total. The van der Waals surface area contributed by atoms with E-state index in [2.05, 4.69) is 26.0 Å². The summed E-state index contributed by atoms with van der Waals surface area (Å²) in [5.41, 5.74) is -0.201. The summed E-state index contributed by atoms with van der Waals surface area (Å²) in [4.78, 5) is 17.4. The number of carbonyl (C=O) groups excluding carboxylic acids is 1. The molecule has 0 aliphatic heterocycles. The van der Waals surface area contributed by atoms with Gasteiger partial charge in [0.15, 0.2) is 14.9 Å². The summed E-state index contributed by atoms with van der Waals surface area (Å²) >= 11 is 3.19. The smallest absolute Gasteiger partial charge is 0.410 e. The first-order chi connectivity index (χ1) is 14.9. The van der Waals surface area contributed by atoms with Gasteiger partial charge < -0.3 is 14.4 Å². The second-order valence-corrected chi connectivity index (χ2v) is 13.5. The number of aryl methyl sites for hydroxylation is 1. The summed E-state index contributed by atoms with van der Waals surface area (Å²) in [6.07, 6.45) is 0.496. The lowest BCUT2D eigenvalue weighted by Gasteiger charge is -2.24. The first-order valence-electron chi connectivity index (χ1n) is 9.97. The van der Waals surface area contributed by atoms with Crippen molar-refractivity contribution in [2.75, 3.05) is 33.1 Å². The Morgan fingerprint density at radius 2 is 1.88 bits per heavy atom. The van der Waals surface area contributed by atoms with Gasteiger partial charge in [0.2, 0.25) is 0 Å². The monoisotopic (exact) mass is 568 g/mol. The van der Waals surface area contributed by atoms with Crippen LogP contribution in [-0.4, -0.2) is 85.9 Å². The van der Waals surface area contributed by atoms with Gasteiger partial charge in [-0.2, -0.15) is 4.09 Å². The molecule has 0 saturated heterocycles. The molecule has 14 heteroatoms. The van der Waals surface area contributed by atoms with Gasteiger partial charge in [-0.1, -0.05) is 0 Å². The number of likely N-dealkylation sites (N-methyl/N-ethyl adjacent to an activating group) is 1. The molecule has 0 saturated carbocycles. The average molecular weight is 570 g/mol. The van der Waals surface area contributed by atoms with Crippen molar-refractivity contribution in [3.05, 3.63) is 16.4 Å². The van der Waals surface area contributed by atoms with Gasteiger partial charge >= 0.3 is 6.09 Å². The van der Waals surface area contributed by atoms with Gasteiger partial charge in [0.1, 0.15) is 15.7 Å². The highest BCUT2D eigenvalue weighted by Crippen LogP contribution is 2.29. The van der Waals surface area contributed by atoms with Crippen LogP contribution in [0.2, 0.25) is 0 Å². The Bertz CT molecular complexity index is 1250. The topological polar surface area (TPSA) is 138 Å². The highest BCUT2D eigenvalue weighted by molar-refractivity contribution is 9.10. The normalized spacial score (nSPS) is 13.8. The average Bonchev–Trinajstić information content (AvgIpc) is 3.01. The molecule has 0 bridgehead atoms. The van der Waals surface area contributed by atoms with Crippen LogP contribution in [0.1, 0.15) is 33.4 Å². The minimum Gasteiger partial charge on any atom is -0.444 e. The minimum atomic E-state index is -3.89. The zero-order chi connectivity index (χ0) is 25.4. The molecule has 33 heavy (non-hydrogen) atoms. The number of fused-ring (bicyclic) bond motifs is 1. The molecule has 2 rings (SSSR count). The predicted octanol–water partition coefficient (Wildman–Crippen LogP) is 2.36. The van der Waals surface area contributed by atoms with Crippen molar-refractivity contribution in [3.8, 4) is 0 Å². The highest BCUT2D eigenvalue weighted by atomic mass is 79.9. The van der Waals surface area contributed by atoms with E-state index in [0.717, 1.165) is 10.3 Å². The van der Waals surface area contributed by atoms with Crippen molar-refractivity contribution in [2.24, 2.45) is 0 Å². The standard InChI is InChI=1S/C19H29BrN4O7S2/c1-12(11-30-9-8-23(6)18(25)31-19(3,4)5)33(28,29)15-10-14-16(13(2)21-15)24(22-17(14)20)32(7,26)27/h10,12H,8-9,11H2,1-7H3/t12-/m0/s1. The van der Waals surface area contributed by atoms with Gasteiger partial charge in [0.25, 0.3) is 10.0 Å². The van der Waals surface area contributed by atoms with Crippen LogP contribution in [0.5, 0.6) is 0 Å². The summed E-state index contributed by atoms with van der Waals surface area (Å²) in [5.74, 6) is 0. The zero-order valence-corrected chi connectivity index (χ0v) is 22.8. The van der Waals surface area contributed by atoms with Crippen LogP contribution in [0.3, 0.4) is 0 Å². The van der Waals surface area contributed by atoms with E-state index >= 15 is 0 Å². The molecule has 2 heterocycles. The van der Waals surface area contributed by atoms with Crippen LogP contribution in [-0.2, 0) is 29.3 Å². The van der Waals surface area contributed by atoms with Crippen LogP contribution in [0, 0.1) is 6.92 Å². The number of pyridine rings is 1. The third-order valence-electron chi connectivity index (χ3n) is 4.50. The van der Waals surface area contributed by atoms with Crippen molar-refractivity contribution >= 4 is 52.8 Å². The lowest BCUT2D eigenvalue weighted by atomic mass is 10.2. The van der Waals surface area contributed by atoms with E-state index in [1.165, 1.54) is 24.8 Å². The molecular formula is C19H29BrN4O7S2. The first kappa shape index (κ1) is 27.5. The molecule has 0 aliphatic carbocycles. The lowest BCUT2D eigenvalue weighted by Crippen LogP contribution is -2.36. The van der Waals surface area contributed by atoms with Crippen molar-refractivity contribution in [1.82, 2.24) is 19.1 Å².